The van der Waals surface area contributed by atoms with Gasteiger partial charge in [0.15, 0.2) is 0 Å². The summed E-state index contributed by atoms with van der Waals surface area (Å²) in [5, 5.41) is 0. The molecule has 1 aliphatic rings. The van der Waals surface area contributed by atoms with Crippen LogP contribution in [0, 0.1) is 0 Å². The molecule has 0 aliphatic carbocycles. The third-order valence-electron chi connectivity index (χ3n) is 4.81. The van der Waals surface area contributed by atoms with Gasteiger partial charge in [-0.15, -0.1) is 0 Å². The molecule has 1 fully saturated rings. The Labute approximate surface area is 151 Å². The Balaban J connectivity index is 1.77. The van der Waals surface area contributed by atoms with Crippen LogP contribution in [0.1, 0.15) is 11.6 Å². The number of hydrogen-bond acceptors (Lipinski definition) is 4. The monoisotopic (exact) mass is 372 g/mol. The summed E-state index contributed by atoms with van der Waals surface area (Å²) in [6, 6.07) is 14.1. The second-order valence-electron chi connectivity index (χ2n) is 6.59. The van der Waals surface area contributed by atoms with Crippen molar-refractivity contribution in [3.63, 3.8) is 0 Å². The molecular formula is C18H20N4O3S. The van der Waals surface area contributed by atoms with E-state index < -0.39 is 10.0 Å². The number of imidazole rings is 1. The third-order valence-corrected chi connectivity index (χ3v) is 6.72. The van der Waals surface area contributed by atoms with Gasteiger partial charge >= 0.3 is 5.69 Å². The van der Waals surface area contributed by atoms with Gasteiger partial charge in [0.1, 0.15) is 0 Å². The Kier molecular flexibility index (Phi) is 4.18. The molecule has 2 N–H and O–H groups in total. The minimum absolute atomic E-state index is 0.186. The second-order valence-corrected chi connectivity index (χ2v) is 8.48. The Morgan fingerprint density at radius 2 is 1.73 bits per heavy atom. The van der Waals surface area contributed by atoms with Crippen LogP contribution in [0.2, 0.25) is 0 Å². The van der Waals surface area contributed by atoms with E-state index in [1.165, 1.54) is 6.07 Å². The zero-order valence-corrected chi connectivity index (χ0v) is 15.2. The normalized spacial score (nSPS) is 19.8. The average molecular weight is 372 g/mol. The Morgan fingerprint density at radius 3 is 2.50 bits per heavy atom. The standard InChI is InChI=1S/C18H20N4O3S/c1-21-9-10-22(17(12-21)13-5-3-2-4-6-13)26(24,25)14-7-8-15-16(11-14)20-18(23)19-15/h2-8,11,17H,9-10,12H2,1H3,(H2,19,20,23)/t17-/m1/s1. The molecule has 136 valence electrons. The van der Waals surface area contributed by atoms with Gasteiger partial charge in [0.2, 0.25) is 10.0 Å². The SMILES string of the molecule is CN1CCN(S(=O)(=O)c2ccc3[nH]c(=O)[nH]c3c2)[C@@H](c2ccccc2)C1. The molecule has 0 radical (unpaired) electrons. The van der Waals surface area contributed by atoms with Gasteiger partial charge in [-0.2, -0.15) is 4.31 Å². The second kappa shape index (κ2) is 6.39. The van der Waals surface area contributed by atoms with E-state index in [-0.39, 0.29) is 16.6 Å². The Morgan fingerprint density at radius 1 is 1.00 bits per heavy atom. The summed E-state index contributed by atoms with van der Waals surface area (Å²) in [4.78, 5) is 19.0. The predicted octanol–water partition coefficient (Wildman–Crippen LogP) is 1.53. The zero-order chi connectivity index (χ0) is 18.3. The number of sulfonamides is 1. The molecule has 8 heteroatoms. The molecule has 0 unspecified atom stereocenters. The van der Waals surface area contributed by atoms with E-state index >= 15 is 0 Å². The highest BCUT2D eigenvalue weighted by atomic mass is 32.2. The average Bonchev–Trinajstić information content (AvgIpc) is 3.01. The maximum atomic E-state index is 13.3. The van der Waals surface area contributed by atoms with Crippen molar-refractivity contribution in [1.29, 1.82) is 0 Å². The third kappa shape index (κ3) is 2.96. The van der Waals surface area contributed by atoms with E-state index in [1.807, 2.05) is 37.4 Å². The van der Waals surface area contributed by atoms with Crippen molar-refractivity contribution in [3.05, 3.63) is 64.6 Å². The Bertz CT molecular complexity index is 1090. The number of likely N-dealkylation sites (N-methyl/N-ethyl adjacent to an activating group) is 1. The molecular weight excluding hydrogens is 352 g/mol. The smallest absolute Gasteiger partial charge is 0.306 e. The lowest BCUT2D eigenvalue weighted by molar-refractivity contribution is 0.161. The highest BCUT2D eigenvalue weighted by Crippen LogP contribution is 2.31. The minimum Gasteiger partial charge on any atom is -0.306 e. The molecule has 0 saturated carbocycles. The minimum atomic E-state index is -3.69. The van der Waals surface area contributed by atoms with Gasteiger partial charge < -0.3 is 14.9 Å². The lowest BCUT2D eigenvalue weighted by Gasteiger charge is -2.39. The lowest BCUT2D eigenvalue weighted by Crippen LogP contribution is -2.49. The quantitative estimate of drug-likeness (QED) is 0.730. The van der Waals surface area contributed by atoms with Crippen LogP contribution in [-0.2, 0) is 10.0 Å². The predicted molar refractivity (Wildman–Crippen MR) is 99.5 cm³/mol. The van der Waals surface area contributed by atoms with E-state index in [4.69, 9.17) is 0 Å². The number of hydrogen-bond donors (Lipinski definition) is 2. The number of aromatic amines is 2. The van der Waals surface area contributed by atoms with Crippen LogP contribution >= 0.6 is 0 Å². The molecule has 0 bridgehead atoms. The van der Waals surface area contributed by atoms with Gasteiger partial charge in [-0.1, -0.05) is 30.3 Å². The summed E-state index contributed by atoms with van der Waals surface area (Å²) in [5.41, 5.74) is 1.70. The summed E-state index contributed by atoms with van der Waals surface area (Å²) in [7, 11) is -1.70. The van der Waals surface area contributed by atoms with Crippen LogP contribution in [0.25, 0.3) is 11.0 Å². The first kappa shape index (κ1) is 17.0. The molecule has 1 aliphatic heterocycles. The van der Waals surface area contributed by atoms with Gasteiger partial charge in [-0.05, 0) is 30.8 Å². The maximum absolute atomic E-state index is 13.3. The summed E-state index contributed by atoms with van der Waals surface area (Å²) >= 11 is 0. The van der Waals surface area contributed by atoms with E-state index in [1.54, 1.807) is 16.4 Å². The van der Waals surface area contributed by atoms with Crippen molar-refractivity contribution in [2.75, 3.05) is 26.7 Å². The van der Waals surface area contributed by atoms with Crippen molar-refractivity contribution in [1.82, 2.24) is 19.2 Å². The fourth-order valence-corrected chi connectivity index (χ4v) is 5.07. The fraction of sp³-hybridized carbons (Fsp3) is 0.278. The van der Waals surface area contributed by atoms with Gasteiger partial charge in [-0.25, -0.2) is 13.2 Å². The van der Waals surface area contributed by atoms with Crippen LogP contribution < -0.4 is 5.69 Å². The first-order valence-electron chi connectivity index (χ1n) is 8.42. The molecule has 2 aromatic carbocycles. The zero-order valence-electron chi connectivity index (χ0n) is 14.3. The van der Waals surface area contributed by atoms with Gasteiger partial charge in [0.05, 0.1) is 22.0 Å². The van der Waals surface area contributed by atoms with Gasteiger partial charge in [-0.3, -0.25) is 0 Å². The summed E-state index contributed by atoms with van der Waals surface area (Å²) in [5.74, 6) is 0. The van der Waals surface area contributed by atoms with Crippen LogP contribution in [0.15, 0.2) is 58.2 Å². The van der Waals surface area contributed by atoms with Crippen molar-refractivity contribution in [2.45, 2.75) is 10.9 Å². The number of piperazine rings is 1. The molecule has 1 aromatic heterocycles. The number of aromatic nitrogens is 2. The number of nitrogens with zero attached hydrogens (tertiary/aromatic N) is 2. The van der Waals surface area contributed by atoms with E-state index in [0.717, 1.165) is 5.56 Å². The lowest BCUT2D eigenvalue weighted by atomic mass is 10.1. The topological polar surface area (TPSA) is 89.3 Å². The first-order chi connectivity index (χ1) is 12.4. The first-order valence-corrected chi connectivity index (χ1v) is 9.86. The molecule has 1 atom stereocenters. The highest BCUT2D eigenvalue weighted by Gasteiger charge is 2.36. The molecule has 26 heavy (non-hydrogen) atoms. The summed E-state index contributed by atoms with van der Waals surface area (Å²) < 4.78 is 28.2. The van der Waals surface area contributed by atoms with Gasteiger partial charge in [0.25, 0.3) is 0 Å². The van der Waals surface area contributed by atoms with E-state index in [0.29, 0.717) is 30.7 Å². The number of rotatable bonds is 3. The molecule has 7 nitrogen and oxygen atoms in total. The van der Waals surface area contributed by atoms with Crippen LogP contribution in [-0.4, -0.2) is 54.3 Å². The Hall–Kier alpha value is -2.42. The van der Waals surface area contributed by atoms with Crippen molar-refractivity contribution in [2.24, 2.45) is 0 Å². The van der Waals surface area contributed by atoms with Gasteiger partial charge in [0, 0.05) is 19.6 Å². The molecule has 4 rings (SSSR count). The molecule has 0 amide bonds. The maximum Gasteiger partial charge on any atom is 0.323 e. The van der Waals surface area contributed by atoms with E-state index in [9.17, 15) is 13.2 Å². The number of fused-ring (bicyclic) bond motifs is 1. The fourth-order valence-electron chi connectivity index (χ4n) is 3.44. The van der Waals surface area contributed by atoms with Crippen LogP contribution in [0.3, 0.4) is 0 Å². The van der Waals surface area contributed by atoms with Crippen LogP contribution in [0.5, 0.6) is 0 Å². The van der Waals surface area contributed by atoms with Crippen molar-refractivity contribution in [3.8, 4) is 0 Å². The number of benzene rings is 2. The van der Waals surface area contributed by atoms with E-state index in [2.05, 4.69) is 14.9 Å². The molecule has 1 saturated heterocycles. The molecule has 0 spiro atoms. The number of H-pyrrole nitrogens is 2. The van der Waals surface area contributed by atoms with Crippen LogP contribution in [0.4, 0.5) is 0 Å². The van der Waals surface area contributed by atoms with Crippen molar-refractivity contribution >= 4 is 21.1 Å². The summed E-state index contributed by atoms with van der Waals surface area (Å²) in [6.07, 6.45) is 0. The molecule has 2 heterocycles. The number of nitrogens with one attached hydrogen (secondary N) is 2. The van der Waals surface area contributed by atoms with Crippen molar-refractivity contribution < 1.29 is 8.42 Å². The summed E-state index contributed by atoms with van der Waals surface area (Å²) in [6.45, 7) is 1.72. The highest BCUT2D eigenvalue weighted by molar-refractivity contribution is 7.89. The largest absolute Gasteiger partial charge is 0.323 e. The molecule has 3 aromatic rings.